The third-order valence-electron chi connectivity index (χ3n) is 4.01. The van der Waals surface area contributed by atoms with Gasteiger partial charge in [-0.1, -0.05) is 6.07 Å². The SMILES string of the molecule is CN1C(=O)CCC(NC2CCc3cccnc32)C1=O. The van der Waals surface area contributed by atoms with Crippen molar-refractivity contribution in [1.29, 1.82) is 0 Å². The van der Waals surface area contributed by atoms with Crippen molar-refractivity contribution in [3.05, 3.63) is 29.6 Å². The maximum atomic E-state index is 12.1. The predicted octanol–water partition coefficient (Wildman–Crippen LogP) is 0.806. The van der Waals surface area contributed by atoms with Crippen molar-refractivity contribution in [1.82, 2.24) is 15.2 Å². The number of imide groups is 1. The van der Waals surface area contributed by atoms with Crippen LogP contribution in [0.3, 0.4) is 0 Å². The number of hydrogen-bond donors (Lipinski definition) is 1. The fourth-order valence-electron chi connectivity index (χ4n) is 2.89. The topological polar surface area (TPSA) is 62.3 Å². The molecule has 19 heavy (non-hydrogen) atoms. The minimum Gasteiger partial charge on any atom is -0.297 e. The molecule has 0 saturated carbocycles. The number of nitrogens with one attached hydrogen (secondary N) is 1. The smallest absolute Gasteiger partial charge is 0.246 e. The molecule has 1 aromatic heterocycles. The van der Waals surface area contributed by atoms with Gasteiger partial charge in [-0.2, -0.15) is 0 Å². The van der Waals surface area contributed by atoms with Gasteiger partial charge >= 0.3 is 0 Å². The van der Waals surface area contributed by atoms with E-state index in [2.05, 4.69) is 16.4 Å². The van der Waals surface area contributed by atoms with Gasteiger partial charge in [0.2, 0.25) is 11.8 Å². The Bertz CT molecular complexity index is 529. The number of hydrogen-bond acceptors (Lipinski definition) is 4. The highest BCUT2D eigenvalue weighted by molar-refractivity contribution is 6.00. The van der Waals surface area contributed by atoms with Gasteiger partial charge in [-0.15, -0.1) is 0 Å². The van der Waals surface area contributed by atoms with Gasteiger partial charge in [-0.3, -0.25) is 24.8 Å². The zero-order chi connectivity index (χ0) is 13.4. The Hall–Kier alpha value is -1.75. The molecular formula is C14H17N3O2. The van der Waals surface area contributed by atoms with E-state index in [0.29, 0.717) is 12.8 Å². The number of pyridine rings is 1. The summed E-state index contributed by atoms with van der Waals surface area (Å²) < 4.78 is 0. The molecule has 2 heterocycles. The molecule has 0 bridgehead atoms. The highest BCUT2D eigenvalue weighted by Gasteiger charge is 2.35. The number of carbonyl (C=O) groups is 2. The van der Waals surface area contributed by atoms with Gasteiger partial charge in [-0.25, -0.2) is 0 Å². The van der Waals surface area contributed by atoms with Gasteiger partial charge < -0.3 is 0 Å². The first kappa shape index (κ1) is 12.3. The summed E-state index contributed by atoms with van der Waals surface area (Å²) >= 11 is 0. The number of likely N-dealkylation sites (N-methyl/N-ethyl adjacent to an activating group) is 1. The fraction of sp³-hybridized carbons (Fsp3) is 0.500. The first-order valence-corrected chi connectivity index (χ1v) is 6.67. The van der Waals surface area contributed by atoms with Gasteiger partial charge in [-0.05, 0) is 30.9 Å². The maximum absolute atomic E-state index is 12.1. The Balaban J connectivity index is 1.73. The Morgan fingerprint density at radius 3 is 2.89 bits per heavy atom. The Morgan fingerprint density at radius 2 is 2.05 bits per heavy atom. The largest absolute Gasteiger partial charge is 0.297 e. The number of likely N-dealkylation sites (tertiary alicyclic amines) is 1. The van der Waals surface area contributed by atoms with E-state index in [4.69, 9.17) is 0 Å². The van der Waals surface area contributed by atoms with Crippen molar-refractivity contribution in [3.8, 4) is 0 Å². The molecule has 2 amide bonds. The molecule has 0 radical (unpaired) electrons. The van der Waals surface area contributed by atoms with E-state index in [9.17, 15) is 9.59 Å². The number of amides is 2. The van der Waals surface area contributed by atoms with Crippen LogP contribution < -0.4 is 5.32 Å². The normalized spacial score (nSPS) is 26.7. The fourth-order valence-corrected chi connectivity index (χ4v) is 2.89. The summed E-state index contributed by atoms with van der Waals surface area (Å²) in [7, 11) is 1.55. The molecule has 1 aromatic rings. The number of carbonyl (C=O) groups excluding carboxylic acids is 2. The lowest BCUT2D eigenvalue weighted by Crippen LogP contribution is -2.52. The summed E-state index contributed by atoms with van der Waals surface area (Å²) in [5, 5.41) is 3.37. The quantitative estimate of drug-likeness (QED) is 0.798. The summed E-state index contributed by atoms with van der Waals surface area (Å²) in [4.78, 5) is 29.2. The monoisotopic (exact) mass is 259 g/mol. The molecule has 3 rings (SSSR count). The number of fused-ring (bicyclic) bond motifs is 1. The molecule has 1 saturated heterocycles. The molecule has 5 nitrogen and oxygen atoms in total. The second-order valence-corrected chi connectivity index (χ2v) is 5.19. The summed E-state index contributed by atoms with van der Waals surface area (Å²) in [5.41, 5.74) is 2.31. The summed E-state index contributed by atoms with van der Waals surface area (Å²) in [6, 6.07) is 3.90. The first-order chi connectivity index (χ1) is 9.16. The Morgan fingerprint density at radius 1 is 1.26 bits per heavy atom. The van der Waals surface area contributed by atoms with E-state index < -0.39 is 0 Å². The number of piperidine rings is 1. The van der Waals surface area contributed by atoms with Gasteiger partial charge in [0.25, 0.3) is 0 Å². The van der Waals surface area contributed by atoms with E-state index in [1.54, 1.807) is 13.2 Å². The van der Waals surface area contributed by atoms with Crippen molar-refractivity contribution >= 4 is 11.8 Å². The van der Waals surface area contributed by atoms with Gasteiger partial charge in [0, 0.05) is 19.7 Å². The average molecular weight is 259 g/mol. The molecule has 2 aliphatic rings. The summed E-state index contributed by atoms with van der Waals surface area (Å²) in [6.45, 7) is 0. The van der Waals surface area contributed by atoms with Crippen LogP contribution in [-0.4, -0.2) is 34.8 Å². The second kappa shape index (κ2) is 4.74. The molecule has 0 spiro atoms. The lowest BCUT2D eigenvalue weighted by molar-refractivity contribution is -0.148. The highest BCUT2D eigenvalue weighted by atomic mass is 16.2. The lowest BCUT2D eigenvalue weighted by atomic mass is 10.0. The van der Waals surface area contributed by atoms with Crippen LogP contribution in [0.4, 0.5) is 0 Å². The number of aryl methyl sites for hydroxylation is 1. The zero-order valence-corrected chi connectivity index (χ0v) is 10.9. The van der Waals surface area contributed by atoms with Crippen LogP contribution in [0.5, 0.6) is 0 Å². The average Bonchev–Trinajstić information content (AvgIpc) is 2.83. The molecule has 1 aliphatic carbocycles. The number of nitrogens with zero attached hydrogens (tertiary/aromatic N) is 2. The Labute approximate surface area is 112 Å². The number of rotatable bonds is 2. The van der Waals surface area contributed by atoms with Crippen molar-refractivity contribution in [2.45, 2.75) is 37.8 Å². The molecule has 0 aromatic carbocycles. The van der Waals surface area contributed by atoms with Crippen molar-refractivity contribution in [2.24, 2.45) is 0 Å². The summed E-state index contributed by atoms with van der Waals surface area (Å²) in [5.74, 6) is -0.214. The van der Waals surface area contributed by atoms with Crippen molar-refractivity contribution in [3.63, 3.8) is 0 Å². The standard InChI is InChI=1S/C14H17N3O2/c1-17-12(18)7-6-11(14(17)19)16-10-5-4-9-3-2-8-15-13(9)10/h2-3,8,10-11,16H,4-7H2,1H3. The van der Waals surface area contributed by atoms with Crippen LogP contribution in [0.1, 0.15) is 36.6 Å². The third kappa shape index (κ3) is 2.14. The van der Waals surface area contributed by atoms with Gasteiger partial charge in [0.05, 0.1) is 17.8 Å². The van der Waals surface area contributed by atoms with Crippen LogP contribution in [0.25, 0.3) is 0 Å². The second-order valence-electron chi connectivity index (χ2n) is 5.19. The van der Waals surface area contributed by atoms with Gasteiger partial charge in [0.15, 0.2) is 0 Å². The van der Waals surface area contributed by atoms with Crippen LogP contribution in [0, 0.1) is 0 Å². The van der Waals surface area contributed by atoms with Gasteiger partial charge in [0.1, 0.15) is 0 Å². The first-order valence-electron chi connectivity index (χ1n) is 6.67. The van der Waals surface area contributed by atoms with E-state index in [0.717, 1.165) is 18.5 Å². The van der Waals surface area contributed by atoms with Crippen LogP contribution in [-0.2, 0) is 16.0 Å². The molecule has 5 heteroatoms. The van der Waals surface area contributed by atoms with E-state index in [1.807, 2.05) is 6.07 Å². The van der Waals surface area contributed by atoms with Crippen LogP contribution >= 0.6 is 0 Å². The van der Waals surface area contributed by atoms with E-state index >= 15 is 0 Å². The van der Waals surface area contributed by atoms with Crippen molar-refractivity contribution in [2.75, 3.05) is 7.05 Å². The Kier molecular flexibility index (Phi) is 3.06. The molecule has 1 N–H and O–H groups in total. The molecular weight excluding hydrogens is 242 g/mol. The van der Waals surface area contributed by atoms with Crippen molar-refractivity contribution < 1.29 is 9.59 Å². The molecule has 1 aliphatic heterocycles. The maximum Gasteiger partial charge on any atom is 0.246 e. The van der Waals surface area contributed by atoms with Crippen LogP contribution in [0.15, 0.2) is 18.3 Å². The van der Waals surface area contributed by atoms with Crippen LogP contribution in [0.2, 0.25) is 0 Å². The van der Waals surface area contributed by atoms with E-state index in [-0.39, 0.29) is 23.9 Å². The zero-order valence-electron chi connectivity index (χ0n) is 10.9. The third-order valence-corrected chi connectivity index (χ3v) is 4.01. The van der Waals surface area contributed by atoms with E-state index in [1.165, 1.54) is 10.5 Å². The molecule has 2 unspecified atom stereocenters. The summed E-state index contributed by atoms with van der Waals surface area (Å²) in [6.07, 6.45) is 4.77. The minimum atomic E-state index is -0.263. The lowest BCUT2D eigenvalue weighted by Gasteiger charge is -2.30. The molecule has 2 atom stereocenters. The predicted molar refractivity (Wildman–Crippen MR) is 69.2 cm³/mol. The highest BCUT2D eigenvalue weighted by Crippen LogP contribution is 2.30. The number of aromatic nitrogens is 1. The molecule has 1 fully saturated rings. The minimum absolute atomic E-state index is 0.0898. The molecule has 100 valence electrons.